The van der Waals surface area contributed by atoms with Crippen LogP contribution in [-0.4, -0.2) is 32.3 Å². The summed E-state index contributed by atoms with van der Waals surface area (Å²) in [5.74, 6) is 0.141. The molecule has 0 unspecified atom stereocenters. The Morgan fingerprint density at radius 3 is 2.36 bits per heavy atom. The summed E-state index contributed by atoms with van der Waals surface area (Å²) in [6.45, 7) is 3.56. The molecule has 25 heavy (non-hydrogen) atoms. The fraction of sp³-hybridized carbons (Fsp3) is 0.389. The van der Waals surface area contributed by atoms with Gasteiger partial charge < -0.3 is 4.90 Å². The van der Waals surface area contributed by atoms with Gasteiger partial charge in [0.1, 0.15) is 4.21 Å². The van der Waals surface area contributed by atoms with Crippen molar-refractivity contribution in [3.63, 3.8) is 0 Å². The fourth-order valence-electron chi connectivity index (χ4n) is 2.88. The number of carbonyl (C=O) groups excluding carboxylic acids is 1. The first-order valence-electron chi connectivity index (χ1n) is 8.40. The third kappa shape index (κ3) is 4.61. The van der Waals surface area contributed by atoms with Crippen LogP contribution in [0.15, 0.2) is 40.6 Å². The first-order chi connectivity index (χ1) is 11.9. The number of likely N-dealkylation sites (tertiary alicyclic amines) is 1. The number of benzene rings is 1. The number of sulfonamides is 1. The van der Waals surface area contributed by atoms with Crippen LogP contribution >= 0.6 is 11.3 Å². The smallest absolute Gasteiger partial charge is 0.271 e. The molecule has 0 spiro atoms. The maximum absolute atomic E-state index is 12.3. The van der Waals surface area contributed by atoms with Gasteiger partial charge in [-0.2, -0.15) is 0 Å². The van der Waals surface area contributed by atoms with Crippen LogP contribution in [0.3, 0.4) is 0 Å². The molecule has 1 N–H and O–H groups in total. The molecule has 1 aromatic heterocycles. The Bertz CT molecular complexity index is 835. The van der Waals surface area contributed by atoms with Gasteiger partial charge >= 0.3 is 0 Å². The number of nitrogens with zero attached hydrogens (tertiary/aromatic N) is 1. The summed E-state index contributed by atoms with van der Waals surface area (Å²) in [5, 5.41) is 0. The highest BCUT2D eigenvalue weighted by Crippen LogP contribution is 2.23. The van der Waals surface area contributed by atoms with Crippen LogP contribution in [0.25, 0.3) is 0 Å². The average molecular weight is 379 g/mol. The minimum Gasteiger partial charge on any atom is -0.342 e. The molecule has 7 heteroatoms. The molecule has 3 rings (SSSR count). The molecule has 5 nitrogen and oxygen atoms in total. The molecule has 0 saturated carbocycles. The third-order valence-electron chi connectivity index (χ3n) is 4.25. The van der Waals surface area contributed by atoms with Crippen molar-refractivity contribution in [1.82, 2.24) is 4.90 Å². The van der Waals surface area contributed by atoms with Gasteiger partial charge in [-0.25, -0.2) is 8.42 Å². The molecular formula is C18H22N2O3S2. The van der Waals surface area contributed by atoms with E-state index in [9.17, 15) is 13.2 Å². The van der Waals surface area contributed by atoms with Crippen molar-refractivity contribution in [2.24, 2.45) is 0 Å². The van der Waals surface area contributed by atoms with Crippen molar-refractivity contribution in [3.05, 3.63) is 46.8 Å². The first-order valence-corrected chi connectivity index (χ1v) is 10.7. The Morgan fingerprint density at radius 2 is 1.76 bits per heavy atom. The van der Waals surface area contributed by atoms with Gasteiger partial charge in [-0.15, -0.1) is 11.3 Å². The molecule has 0 radical (unpaired) electrons. The van der Waals surface area contributed by atoms with E-state index in [4.69, 9.17) is 0 Å². The average Bonchev–Trinajstić information content (AvgIpc) is 3.05. The molecule has 2 aromatic rings. The SMILES string of the molecule is Cc1ccc(S(=O)(=O)Nc2ccc(CC(=O)N3CCCCC3)cc2)s1. The molecule has 0 atom stereocenters. The zero-order valence-electron chi connectivity index (χ0n) is 14.2. The van der Waals surface area contributed by atoms with Crippen LogP contribution in [0.4, 0.5) is 5.69 Å². The van der Waals surface area contributed by atoms with Gasteiger partial charge in [-0.3, -0.25) is 9.52 Å². The topological polar surface area (TPSA) is 66.5 Å². The fourth-order valence-corrected chi connectivity index (χ4v) is 5.22. The minimum absolute atomic E-state index is 0.141. The van der Waals surface area contributed by atoms with Gasteiger partial charge in [-0.1, -0.05) is 12.1 Å². The number of anilines is 1. The van der Waals surface area contributed by atoms with Crippen molar-refractivity contribution >= 4 is 33.0 Å². The molecule has 1 aliphatic rings. The summed E-state index contributed by atoms with van der Waals surface area (Å²) in [6, 6.07) is 10.4. The third-order valence-corrected chi connectivity index (χ3v) is 7.12. The van der Waals surface area contributed by atoms with Gasteiger partial charge in [0.05, 0.1) is 6.42 Å². The second-order valence-corrected chi connectivity index (χ2v) is 9.48. The molecule has 1 saturated heterocycles. The highest BCUT2D eigenvalue weighted by atomic mass is 32.2. The molecule has 0 aliphatic carbocycles. The van der Waals surface area contributed by atoms with E-state index >= 15 is 0 Å². The summed E-state index contributed by atoms with van der Waals surface area (Å²) in [4.78, 5) is 15.2. The van der Waals surface area contributed by atoms with Crippen LogP contribution in [0.1, 0.15) is 29.7 Å². The lowest BCUT2D eigenvalue weighted by Gasteiger charge is -2.26. The van der Waals surface area contributed by atoms with Gasteiger partial charge in [0.2, 0.25) is 5.91 Å². The van der Waals surface area contributed by atoms with Gasteiger partial charge in [0.25, 0.3) is 10.0 Å². The summed E-state index contributed by atoms with van der Waals surface area (Å²) in [5.41, 5.74) is 1.39. The number of carbonyl (C=O) groups is 1. The van der Waals surface area contributed by atoms with Gasteiger partial charge in [-0.05, 0) is 56.0 Å². The second-order valence-electron chi connectivity index (χ2n) is 6.29. The summed E-state index contributed by atoms with van der Waals surface area (Å²) < 4.78 is 27.5. The van der Waals surface area contributed by atoms with E-state index in [1.807, 2.05) is 11.8 Å². The molecule has 1 aliphatic heterocycles. The lowest BCUT2D eigenvalue weighted by Crippen LogP contribution is -2.36. The summed E-state index contributed by atoms with van der Waals surface area (Å²) in [6.07, 6.45) is 3.71. The molecule has 1 amide bonds. The highest BCUT2D eigenvalue weighted by Gasteiger charge is 2.18. The number of aryl methyl sites for hydroxylation is 1. The van der Waals surface area contributed by atoms with Crippen molar-refractivity contribution < 1.29 is 13.2 Å². The van der Waals surface area contributed by atoms with Crippen molar-refractivity contribution in [2.45, 2.75) is 36.8 Å². The van der Waals surface area contributed by atoms with E-state index in [1.165, 1.54) is 17.8 Å². The lowest BCUT2D eigenvalue weighted by atomic mass is 10.1. The van der Waals surface area contributed by atoms with Crippen LogP contribution in [0.5, 0.6) is 0 Å². The summed E-state index contributed by atoms with van der Waals surface area (Å²) >= 11 is 1.24. The zero-order valence-corrected chi connectivity index (χ0v) is 15.8. The maximum Gasteiger partial charge on any atom is 0.271 e. The number of hydrogen-bond donors (Lipinski definition) is 1. The molecule has 1 aromatic carbocycles. The van der Waals surface area contributed by atoms with Crippen LogP contribution in [-0.2, 0) is 21.2 Å². The van der Waals surface area contributed by atoms with E-state index in [1.54, 1.807) is 36.4 Å². The number of rotatable bonds is 5. The van der Waals surface area contributed by atoms with Crippen LogP contribution in [0, 0.1) is 6.92 Å². The molecule has 2 heterocycles. The van der Waals surface area contributed by atoms with Crippen molar-refractivity contribution in [1.29, 1.82) is 0 Å². The van der Waals surface area contributed by atoms with Crippen LogP contribution < -0.4 is 4.72 Å². The Morgan fingerprint density at radius 1 is 1.08 bits per heavy atom. The highest BCUT2D eigenvalue weighted by molar-refractivity contribution is 7.94. The largest absolute Gasteiger partial charge is 0.342 e. The monoisotopic (exact) mass is 378 g/mol. The Labute approximate surface area is 152 Å². The van der Waals surface area contributed by atoms with E-state index in [-0.39, 0.29) is 5.91 Å². The summed E-state index contributed by atoms with van der Waals surface area (Å²) in [7, 11) is -3.55. The van der Waals surface area contributed by atoms with E-state index in [0.29, 0.717) is 16.3 Å². The van der Waals surface area contributed by atoms with Crippen LogP contribution in [0.2, 0.25) is 0 Å². The molecule has 1 fully saturated rings. The van der Waals surface area contributed by atoms with E-state index in [0.717, 1.165) is 36.4 Å². The number of amides is 1. The predicted octanol–water partition coefficient (Wildman–Crippen LogP) is 3.41. The Kier molecular flexibility index (Phi) is 5.44. The Hall–Kier alpha value is -1.86. The molecule has 134 valence electrons. The Balaban J connectivity index is 1.63. The number of thiophene rings is 1. The minimum atomic E-state index is -3.55. The second kappa shape index (κ2) is 7.58. The van der Waals surface area contributed by atoms with E-state index < -0.39 is 10.0 Å². The predicted molar refractivity (Wildman–Crippen MR) is 100 cm³/mol. The number of hydrogen-bond acceptors (Lipinski definition) is 4. The van der Waals surface area contributed by atoms with Gasteiger partial charge in [0.15, 0.2) is 0 Å². The van der Waals surface area contributed by atoms with Crippen molar-refractivity contribution in [3.8, 4) is 0 Å². The lowest BCUT2D eigenvalue weighted by molar-refractivity contribution is -0.131. The molecular weight excluding hydrogens is 356 g/mol. The number of nitrogens with one attached hydrogen (secondary N) is 1. The maximum atomic E-state index is 12.3. The van der Waals surface area contributed by atoms with Crippen molar-refractivity contribution in [2.75, 3.05) is 17.8 Å². The quantitative estimate of drug-likeness (QED) is 0.867. The zero-order chi connectivity index (χ0) is 17.9. The normalized spacial score (nSPS) is 15.2. The first kappa shape index (κ1) is 17.9. The standard InChI is InChI=1S/C18H22N2O3S2/c1-14-5-10-18(24-14)25(22,23)19-16-8-6-15(7-9-16)13-17(21)20-11-3-2-4-12-20/h5-10,19H,2-4,11-13H2,1H3. The van der Waals surface area contributed by atoms with Gasteiger partial charge in [0, 0.05) is 23.7 Å². The number of piperidine rings is 1. The molecule has 0 bridgehead atoms. The van der Waals surface area contributed by atoms with E-state index in [2.05, 4.69) is 4.72 Å².